The second kappa shape index (κ2) is 8.88. The van der Waals surface area contributed by atoms with E-state index in [1.54, 1.807) is 0 Å². The van der Waals surface area contributed by atoms with E-state index in [2.05, 4.69) is 26.5 Å². The third-order valence-corrected chi connectivity index (χ3v) is 20.9. The zero-order valence-electron chi connectivity index (χ0n) is 10.0. The fraction of sp³-hybridized carbons (Fsp3) is 0.909. The number of nitrogens with two attached hydrogens (primary N) is 1. The van der Waals surface area contributed by atoms with Gasteiger partial charge < -0.3 is 0 Å². The Bertz CT molecular complexity index is 172. The Morgan fingerprint density at radius 1 is 1.47 bits per heavy atom. The van der Waals surface area contributed by atoms with Gasteiger partial charge in [-0.3, -0.25) is 0 Å². The zero-order valence-corrected chi connectivity index (χ0v) is 13.8. The predicted molar refractivity (Wildman–Crippen MR) is 73.3 cm³/mol. The molecule has 2 N–H and O–H groups in total. The summed E-state index contributed by atoms with van der Waals surface area (Å²) < 4.78 is 4.42. The van der Waals surface area contributed by atoms with Crippen LogP contribution >= 0.6 is 12.6 Å². The SMILES string of the molecule is C[CH2][Sn]([CH2]S)([CH2]C=O)[CH2]CCCC(C)N. The molecule has 0 aliphatic rings. The Labute approximate surface area is 104 Å². The normalized spacial score (nSPS) is 17.1. The molecule has 0 saturated heterocycles. The summed E-state index contributed by atoms with van der Waals surface area (Å²) >= 11 is 2.35. The molecule has 15 heavy (non-hydrogen) atoms. The van der Waals surface area contributed by atoms with Crippen LogP contribution in [-0.2, 0) is 4.79 Å². The number of rotatable bonds is 9. The quantitative estimate of drug-likeness (QED) is 0.294. The van der Waals surface area contributed by atoms with Crippen LogP contribution in [0.5, 0.6) is 0 Å². The van der Waals surface area contributed by atoms with Gasteiger partial charge in [-0.05, 0) is 0 Å². The third-order valence-electron chi connectivity index (χ3n) is 3.22. The fourth-order valence-corrected chi connectivity index (χ4v) is 13.0. The summed E-state index contributed by atoms with van der Waals surface area (Å²) in [5.74, 6) is 0. The second-order valence-corrected chi connectivity index (χ2v) is 20.8. The summed E-state index contributed by atoms with van der Waals surface area (Å²) in [6, 6.07) is 0.318. The van der Waals surface area contributed by atoms with Gasteiger partial charge in [0.2, 0.25) is 0 Å². The van der Waals surface area contributed by atoms with Crippen LogP contribution in [0.15, 0.2) is 0 Å². The van der Waals surface area contributed by atoms with Gasteiger partial charge in [-0.2, -0.15) is 0 Å². The van der Waals surface area contributed by atoms with E-state index in [4.69, 9.17) is 5.73 Å². The number of carbonyl (C=O) groups is 1. The Hall–Kier alpha value is 0.779. The van der Waals surface area contributed by atoms with E-state index in [1.807, 2.05) is 0 Å². The molecule has 90 valence electrons. The molecule has 0 rings (SSSR count). The molecule has 2 unspecified atom stereocenters. The molecule has 0 saturated carbocycles. The Balaban J connectivity index is 3.89. The van der Waals surface area contributed by atoms with E-state index >= 15 is 0 Å². The summed E-state index contributed by atoms with van der Waals surface area (Å²) in [4.78, 5) is 10.7. The first-order valence-electron chi connectivity index (χ1n) is 5.90. The van der Waals surface area contributed by atoms with Crippen molar-refractivity contribution in [3.8, 4) is 0 Å². The number of carbonyl (C=O) groups excluding carboxylic acids is 1. The maximum absolute atomic E-state index is 10.7. The topological polar surface area (TPSA) is 43.1 Å². The van der Waals surface area contributed by atoms with Crippen LogP contribution < -0.4 is 5.73 Å². The van der Waals surface area contributed by atoms with Crippen LogP contribution in [0.1, 0.15) is 33.1 Å². The summed E-state index contributed by atoms with van der Waals surface area (Å²) in [6.07, 6.45) is 4.70. The zero-order chi connectivity index (χ0) is 11.7. The Kier molecular flexibility index (Phi) is 9.34. The van der Waals surface area contributed by atoms with Gasteiger partial charge in [-0.15, -0.1) is 0 Å². The molecule has 2 nitrogen and oxygen atoms in total. The molecule has 0 aromatic heterocycles. The molecular weight excluding hydrogens is 313 g/mol. The molecule has 0 spiro atoms. The van der Waals surface area contributed by atoms with Crippen LogP contribution in [0.3, 0.4) is 0 Å². The van der Waals surface area contributed by atoms with Crippen molar-refractivity contribution in [2.24, 2.45) is 5.73 Å². The van der Waals surface area contributed by atoms with Crippen molar-refractivity contribution >= 4 is 37.3 Å². The molecule has 0 amide bonds. The second-order valence-electron chi connectivity index (χ2n) is 4.61. The first-order valence-corrected chi connectivity index (χ1v) is 14.6. The minimum atomic E-state index is -2.12. The predicted octanol–water partition coefficient (Wildman–Crippen LogP) is 2.64. The van der Waals surface area contributed by atoms with Crippen molar-refractivity contribution < 1.29 is 4.79 Å². The van der Waals surface area contributed by atoms with Crippen molar-refractivity contribution in [2.75, 3.05) is 3.77 Å². The summed E-state index contributed by atoms with van der Waals surface area (Å²) in [5.41, 5.74) is 5.71. The molecule has 4 heteroatoms. The van der Waals surface area contributed by atoms with Gasteiger partial charge in [-0.25, -0.2) is 0 Å². The Morgan fingerprint density at radius 3 is 2.53 bits per heavy atom. The molecule has 0 aromatic carbocycles. The van der Waals surface area contributed by atoms with Crippen molar-refractivity contribution in [1.82, 2.24) is 0 Å². The van der Waals surface area contributed by atoms with Gasteiger partial charge in [0.1, 0.15) is 0 Å². The summed E-state index contributed by atoms with van der Waals surface area (Å²) in [6.45, 7) is 4.29. The number of unbranched alkanes of at least 4 members (excludes halogenated alkanes) is 1. The van der Waals surface area contributed by atoms with Crippen molar-refractivity contribution in [3.05, 3.63) is 0 Å². The van der Waals surface area contributed by atoms with Gasteiger partial charge in [0, 0.05) is 0 Å². The van der Waals surface area contributed by atoms with E-state index in [1.165, 1.54) is 21.7 Å². The van der Waals surface area contributed by atoms with Crippen molar-refractivity contribution in [1.29, 1.82) is 0 Å². The standard InChI is InChI=1S/C6H14N.C2H3O.C2H5.CH3S.Sn/c1-3-4-5-6(2)7;1-2-3;2*1-2;/h6H,1,3-5,7H2,2H3;2H,1H2;1H2,2H3;2H,1H2;. The average molecular weight is 338 g/mol. The van der Waals surface area contributed by atoms with E-state index in [-0.39, 0.29) is 0 Å². The fourth-order valence-electron chi connectivity index (χ4n) is 1.82. The number of hydrogen-bond donors (Lipinski definition) is 2. The van der Waals surface area contributed by atoms with Gasteiger partial charge in [0.25, 0.3) is 0 Å². The van der Waals surface area contributed by atoms with Crippen LogP contribution in [-0.4, -0.2) is 34.5 Å². The number of aldehydes is 1. The molecule has 0 fully saturated rings. The van der Waals surface area contributed by atoms with Crippen LogP contribution in [0, 0.1) is 0 Å². The first-order chi connectivity index (χ1) is 7.10. The molecular formula is C11H25NOSSn. The van der Waals surface area contributed by atoms with Crippen molar-refractivity contribution in [3.63, 3.8) is 0 Å². The minimum absolute atomic E-state index is 0.318. The molecule has 0 radical (unpaired) electrons. The van der Waals surface area contributed by atoms with Crippen molar-refractivity contribution in [2.45, 2.75) is 52.5 Å². The first kappa shape index (κ1) is 15.8. The van der Waals surface area contributed by atoms with Crippen LogP contribution in [0.2, 0.25) is 13.3 Å². The van der Waals surface area contributed by atoms with Crippen LogP contribution in [0.4, 0.5) is 0 Å². The number of thiol groups is 1. The molecule has 0 aromatic rings. The molecule has 0 heterocycles. The molecule has 0 aliphatic heterocycles. The Morgan fingerprint density at radius 2 is 2.13 bits per heavy atom. The van der Waals surface area contributed by atoms with E-state index in [9.17, 15) is 4.79 Å². The molecule has 0 bridgehead atoms. The van der Waals surface area contributed by atoms with Gasteiger partial charge in [0.05, 0.1) is 0 Å². The molecule has 0 aliphatic carbocycles. The average Bonchev–Trinajstić information content (AvgIpc) is 2.22. The van der Waals surface area contributed by atoms with Gasteiger partial charge in [-0.1, -0.05) is 0 Å². The van der Waals surface area contributed by atoms with E-state index in [0.29, 0.717) is 6.04 Å². The maximum atomic E-state index is 10.7. The number of hydrogen-bond acceptors (Lipinski definition) is 3. The monoisotopic (exact) mass is 339 g/mol. The van der Waals surface area contributed by atoms with E-state index < -0.39 is 18.4 Å². The van der Waals surface area contributed by atoms with Gasteiger partial charge >= 0.3 is 104 Å². The summed E-state index contributed by atoms with van der Waals surface area (Å²) in [5, 5.41) is 0. The summed E-state index contributed by atoms with van der Waals surface area (Å²) in [7, 11) is 0. The van der Waals surface area contributed by atoms with Crippen LogP contribution in [0.25, 0.3) is 0 Å². The third kappa shape index (κ3) is 6.84. The molecule has 2 atom stereocenters. The van der Waals surface area contributed by atoms with Gasteiger partial charge in [0.15, 0.2) is 0 Å². The van der Waals surface area contributed by atoms with E-state index in [0.717, 1.165) is 20.9 Å².